The Balaban J connectivity index is 1.69. The molecule has 0 saturated carbocycles. The van der Waals surface area contributed by atoms with E-state index in [-0.39, 0.29) is 29.4 Å². The molecule has 3 rings (SSSR count). The summed E-state index contributed by atoms with van der Waals surface area (Å²) in [6.07, 6.45) is 0. The smallest absolute Gasteiger partial charge is 0.159 e. The van der Waals surface area contributed by atoms with Crippen LogP contribution in [0.2, 0.25) is 5.02 Å². The maximum Gasteiger partial charge on any atom is 0.159 e. The lowest BCUT2D eigenvalue weighted by Crippen LogP contribution is -2.35. The van der Waals surface area contributed by atoms with Crippen molar-refractivity contribution in [1.82, 2.24) is 4.90 Å². The summed E-state index contributed by atoms with van der Waals surface area (Å²) in [6, 6.07) is 4.11. The van der Waals surface area contributed by atoms with E-state index in [2.05, 4.69) is 4.99 Å². The van der Waals surface area contributed by atoms with Gasteiger partial charge in [-0.25, -0.2) is 12.8 Å². The van der Waals surface area contributed by atoms with Crippen molar-refractivity contribution in [1.29, 1.82) is 0 Å². The van der Waals surface area contributed by atoms with Crippen LogP contribution in [0, 0.1) is 5.82 Å². The van der Waals surface area contributed by atoms with Gasteiger partial charge in [0.25, 0.3) is 0 Å². The summed E-state index contributed by atoms with van der Waals surface area (Å²) in [5.41, 5.74) is 0.837. The van der Waals surface area contributed by atoms with Crippen molar-refractivity contribution in [3.63, 3.8) is 0 Å². The van der Waals surface area contributed by atoms with Crippen molar-refractivity contribution in [3.8, 4) is 0 Å². The van der Waals surface area contributed by atoms with Gasteiger partial charge in [0.05, 0.1) is 23.6 Å². The molecule has 2 aliphatic rings. The Bertz CT molecular complexity index is 708. The molecule has 0 spiro atoms. The van der Waals surface area contributed by atoms with Crippen LogP contribution in [0.15, 0.2) is 23.2 Å². The summed E-state index contributed by atoms with van der Waals surface area (Å²) < 4.78 is 36.2. The molecule has 0 bridgehead atoms. The molecule has 1 aromatic carbocycles. The third-order valence-corrected chi connectivity index (χ3v) is 6.90. The zero-order valence-electron chi connectivity index (χ0n) is 11.3. The van der Waals surface area contributed by atoms with E-state index in [9.17, 15) is 12.8 Å². The largest absolute Gasteiger partial charge is 0.348 e. The second-order valence-corrected chi connectivity index (χ2v) is 8.76. The molecule has 2 aliphatic heterocycles. The van der Waals surface area contributed by atoms with E-state index in [0.29, 0.717) is 10.8 Å². The van der Waals surface area contributed by atoms with Crippen LogP contribution >= 0.6 is 23.4 Å². The topological polar surface area (TPSA) is 49.7 Å². The number of rotatable bonds is 2. The molecule has 0 N–H and O–H groups in total. The monoisotopic (exact) mass is 348 g/mol. The molecular weight excluding hydrogens is 335 g/mol. The van der Waals surface area contributed by atoms with E-state index in [1.54, 1.807) is 6.07 Å². The molecular formula is C13H14ClFN2O2S2. The molecule has 0 aliphatic carbocycles. The fraction of sp³-hybridized carbons (Fsp3) is 0.462. The third kappa shape index (κ3) is 3.05. The average molecular weight is 349 g/mol. The van der Waals surface area contributed by atoms with Crippen LogP contribution in [0.4, 0.5) is 4.39 Å². The Hall–Kier alpha value is -0.790. The molecule has 2 atom stereocenters. The summed E-state index contributed by atoms with van der Waals surface area (Å²) in [7, 11) is -1.10. The van der Waals surface area contributed by atoms with E-state index in [0.717, 1.165) is 10.7 Å². The Kier molecular flexibility index (Phi) is 3.92. The molecule has 0 radical (unpaired) electrons. The van der Waals surface area contributed by atoms with Crippen LogP contribution < -0.4 is 0 Å². The minimum absolute atomic E-state index is 0.0545. The van der Waals surface area contributed by atoms with Crippen molar-refractivity contribution >= 4 is 38.4 Å². The maximum atomic E-state index is 13.0. The van der Waals surface area contributed by atoms with Crippen LogP contribution in [0.1, 0.15) is 5.56 Å². The number of thioether (sulfide) groups is 1. The average Bonchev–Trinajstić information content (AvgIpc) is 2.83. The predicted molar refractivity (Wildman–Crippen MR) is 84.1 cm³/mol. The minimum Gasteiger partial charge on any atom is -0.348 e. The number of aliphatic imine (C=N–C) groups is 1. The number of benzene rings is 1. The van der Waals surface area contributed by atoms with Crippen molar-refractivity contribution in [2.75, 3.05) is 18.6 Å². The van der Waals surface area contributed by atoms with Crippen LogP contribution in [-0.2, 0) is 15.6 Å². The van der Waals surface area contributed by atoms with E-state index in [1.807, 2.05) is 11.9 Å². The van der Waals surface area contributed by atoms with Gasteiger partial charge in [0.2, 0.25) is 0 Å². The van der Waals surface area contributed by atoms with Gasteiger partial charge in [0, 0.05) is 17.8 Å². The lowest BCUT2D eigenvalue weighted by Gasteiger charge is -2.20. The first kappa shape index (κ1) is 15.1. The number of hydrogen-bond acceptors (Lipinski definition) is 5. The molecule has 114 valence electrons. The molecule has 1 saturated heterocycles. The number of fused-ring (bicyclic) bond motifs is 1. The number of sulfone groups is 1. The molecule has 2 heterocycles. The highest BCUT2D eigenvalue weighted by atomic mass is 35.5. The fourth-order valence-corrected chi connectivity index (χ4v) is 5.92. The van der Waals surface area contributed by atoms with Gasteiger partial charge in [-0.3, -0.25) is 4.99 Å². The van der Waals surface area contributed by atoms with Crippen LogP contribution in [0.25, 0.3) is 0 Å². The van der Waals surface area contributed by atoms with Gasteiger partial charge < -0.3 is 4.90 Å². The molecule has 0 amide bonds. The van der Waals surface area contributed by atoms with E-state index in [4.69, 9.17) is 11.6 Å². The van der Waals surface area contributed by atoms with Crippen molar-refractivity contribution < 1.29 is 12.8 Å². The van der Waals surface area contributed by atoms with Gasteiger partial charge in [-0.1, -0.05) is 29.4 Å². The maximum absolute atomic E-state index is 13.0. The summed E-state index contributed by atoms with van der Waals surface area (Å²) in [5.74, 6) is 0.514. The number of likely N-dealkylation sites (N-methyl/N-ethyl adjacent to an activating group) is 1. The Morgan fingerprint density at radius 3 is 2.90 bits per heavy atom. The molecule has 1 fully saturated rings. The van der Waals surface area contributed by atoms with Gasteiger partial charge in [-0.05, 0) is 17.7 Å². The number of amidine groups is 1. The SMILES string of the molecule is CN1C(SCc2ccc(F)cc2Cl)=NC2CS(=O)(=O)CC21. The lowest BCUT2D eigenvalue weighted by molar-refractivity contribution is 0.410. The zero-order chi connectivity index (χ0) is 15.2. The fourth-order valence-electron chi connectivity index (χ4n) is 2.60. The van der Waals surface area contributed by atoms with Crippen LogP contribution in [0.3, 0.4) is 0 Å². The minimum atomic E-state index is -2.96. The predicted octanol–water partition coefficient (Wildman–Crippen LogP) is 2.18. The molecule has 21 heavy (non-hydrogen) atoms. The standard InChI is InChI=1S/C13H14ClFN2O2S2/c1-17-12-7-21(18,19)6-11(12)16-13(17)20-5-8-2-3-9(15)4-10(8)14/h2-4,11-12H,5-7H2,1H3. The third-order valence-electron chi connectivity index (χ3n) is 3.74. The van der Waals surface area contributed by atoms with Gasteiger partial charge >= 0.3 is 0 Å². The number of nitrogens with zero attached hydrogens (tertiary/aromatic N) is 2. The highest BCUT2D eigenvalue weighted by Crippen LogP contribution is 2.32. The van der Waals surface area contributed by atoms with Crippen molar-refractivity contribution in [2.24, 2.45) is 4.99 Å². The van der Waals surface area contributed by atoms with Gasteiger partial charge in [0.15, 0.2) is 15.0 Å². The van der Waals surface area contributed by atoms with Gasteiger partial charge in [0.1, 0.15) is 5.82 Å². The zero-order valence-corrected chi connectivity index (χ0v) is 13.7. The summed E-state index contributed by atoms with van der Waals surface area (Å²) in [6.45, 7) is 0. The Morgan fingerprint density at radius 1 is 1.48 bits per heavy atom. The normalized spacial score (nSPS) is 26.8. The first-order valence-electron chi connectivity index (χ1n) is 6.43. The van der Waals surface area contributed by atoms with Crippen molar-refractivity contribution in [3.05, 3.63) is 34.6 Å². The van der Waals surface area contributed by atoms with Crippen LogP contribution in [-0.4, -0.2) is 49.1 Å². The van der Waals surface area contributed by atoms with E-state index in [1.165, 1.54) is 23.9 Å². The number of halogens is 2. The quantitative estimate of drug-likeness (QED) is 0.822. The first-order valence-corrected chi connectivity index (χ1v) is 9.62. The lowest BCUT2D eigenvalue weighted by atomic mass is 10.2. The van der Waals surface area contributed by atoms with Gasteiger partial charge in [-0.2, -0.15) is 0 Å². The summed E-state index contributed by atoms with van der Waals surface area (Å²) in [4.78, 5) is 6.43. The Morgan fingerprint density at radius 2 is 2.24 bits per heavy atom. The van der Waals surface area contributed by atoms with Crippen molar-refractivity contribution in [2.45, 2.75) is 17.8 Å². The second kappa shape index (κ2) is 5.44. The number of hydrogen-bond donors (Lipinski definition) is 0. The summed E-state index contributed by atoms with van der Waals surface area (Å²) in [5, 5.41) is 1.21. The summed E-state index contributed by atoms with van der Waals surface area (Å²) >= 11 is 7.49. The molecule has 4 nitrogen and oxygen atoms in total. The molecule has 8 heteroatoms. The molecule has 0 aromatic heterocycles. The van der Waals surface area contributed by atoms with E-state index < -0.39 is 9.84 Å². The second-order valence-electron chi connectivity index (χ2n) is 5.26. The highest BCUT2D eigenvalue weighted by molar-refractivity contribution is 8.13. The van der Waals surface area contributed by atoms with E-state index >= 15 is 0 Å². The molecule has 2 unspecified atom stereocenters. The molecule has 1 aromatic rings. The first-order chi connectivity index (χ1) is 9.85. The highest BCUT2D eigenvalue weighted by Gasteiger charge is 2.44. The van der Waals surface area contributed by atoms with Gasteiger partial charge in [-0.15, -0.1) is 0 Å². The van der Waals surface area contributed by atoms with Crippen LogP contribution in [0.5, 0.6) is 0 Å². The Labute approximate surface area is 132 Å².